The zero-order valence-corrected chi connectivity index (χ0v) is 15.8. The summed E-state index contributed by atoms with van der Waals surface area (Å²) in [7, 11) is -2.96. The van der Waals surface area contributed by atoms with E-state index in [-0.39, 0.29) is 35.9 Å². The lowest BCUT2D eigenvalue weighted by Gasteiger charge is -2.33. The molecule has 1 unspecified atom stereocenters. The number of hydrogen-bond donors (Lipinski definition) is 1. The lowest BCUT2D eigenvalue weighted by molar-refractivity contribution is -0.120. The second-order valence-electron chi connectivity index (χ2n) is 6.63. The van der Waals surface area contributed by atoms with Gasteiger partial charge in [-0.15, -0.1) is 0 Å². The van der Waals surface area contributed by atoms with Crippen LogP contribution in [0.1, 0.15) is 45.3 Å². The molecule has 1 aromatic heterocycles. The van der Waals surface area contributed by atoms with E-state index in [1.165, 1.54) is 0 Å². The molecule has 1 amide bonds. The van der Waals surface area contributed by atoms with Gasteiger partial charge in [-0.05, 0) is 20.8 Å². The molecule has 0 fully saturated rings. The van der Waals surface area contributed by atoms with E-state index in [1.807, 2.05) is 27.0 Å². The van der Waals surface area contributed by atoms with Gasteiger partial charge in [0, 0.05) is 37.6 Å². The third-order valence-electron chi connectivity index (χ3n) is 4.33. The maximum Gasteiger partial charge on any atom is 0.226 e. The Morgan fingerprint density at radius 2 is 2.12 bits per heavy atom. The number of nitrogens with one attached hydrogen (secondary N) is 1. The number of carbonyl (C=O) groups excluding carboxylic acids is 1. The normalized spacial score (nSPS) is 18.6. The van der Waals surface area contributed by atoms with Crippen LogP contribution in [0.15, 0.2) is 6.20 Å². The minimum Gasteiger partial charge on any atom is -0.354 e. The Morgan fingerprint density at radius 1 is 1.42 bits per heavy atom. The molecule has 0 aliphatic carbocycles. The molecule has 0 bridgehead atoms. The Balaban J connectivity index is 2.02. The third-order valence-corrected chi connectivity index (χ3v) is 6.01. The fourth-order valence-corrected chi connectivity index (χ4v) is 3.72. The fourth-order valence-electron chi connectivity index (χ4n) is 2.92. The Bertz CT molecular complexity index is 681. The molecule has 7 nitrogen and oxygen atoms in total. The van der Waals surface area contributed by atoms with Gasteiger partial charge >= 0.3 is 0 Å². The highest BCUT2D eigenvalue weighted by molar-refractivity contribution is 7.91. The van der Waals surface area contributed by atoms with Crippen LogP contribution in [-0.2, 0) is 27.6 Å². The molecule has 1 aliphatic rings. The molecule has 0 radical (unpaired) electrons. The van der Waals surface area contributed by atoms with E-state index in [9.17, 15) is 13.2 Å². The number of amides is 1. The van der Waals surface area contributed by atoms with Gasteiger partial charge in [0.15, 0.2) is 9.84 Å². The first-order chi connectivity index (χ1) is 11.2. The number of rotatable bonds is 7. The second-order valence-corrected chi connectivity index (χ2v) is 9.10. The number of aromatic nitrogens is 2. The van der Waals surface area contributed by atoms with Crippen LogP contribution < -0.4 is 5.32 Å². The van der Waals surface area contributed by atoms with Gasteiger partial charge in [0.1, 0.15) is 5.82 Å². The maximum absolute atomic E-state index is 11.9. The van der Waals surface area contributed by atoms with Gasteiger partial charge in [-0.1, -0.05) is 6.92 Å². The third kappa shape index (κ3) is 4.80. The number of nitrogens with zero attached hydrogens (tertiary/aromatic N) is 3. The van der Waals surface area contributed by atoms with E-state index < -0.39 is 9.84 Å². The van der Waals surface area contributed by atoms with Crippen molar-refractivity contribution in [1.29, 1.82) is 0 Å². The lowest BCUT2D eigenvalue weighted by Crippen LogP contribution is -2.39. The Kier molecular flexibility index (Phi) is 6.03. The zero-order chi connectivity index (χ0) is 17.9. The van der Waals surface area contributed by atoms with Crippen molar-refractivity contribution >= 4 is 15.7 Å². The molecule has 2 heterocycles. The van der Waals surface area contributed by atoms with Gasteiger partial charge in [-0.3, -0.25) is 9.69 Å². The van der Waals surface area contributed by atoms with Crippen LogP contribution in [0.25, 0.3) is 0 Å². The molecule has 1 aliphatic heterocycles. The van der Waals surface area contributed by atoms with E-state index in [4.69, 9.17) is 0 Å². The first-order valence-corrected chi connectivity index (χ1v) is 10.3. The van der Waals surface area contributed by atoms with Gasteiger partial charge in [0.25, 0.3) is 0 Å². The molecule has 8 heteroatoms. The summed E-state index contributed by atoms with van der Waals surface area (Å²) in [4.78, 5) is 18.6. The van der Waals surface area contributed by atoms with Gasteiger partial charge in [0.2, 0.25) is 5.91 Å². The van der Waals surface area contributed by atoms with E-state index >= 15 is 0 Å². The van der Waals surface area contributed by atoms with Crippen molar-refractivity contribution in [3.05, 3.63) is 17.7 Å². The van der Waals surface area contributed by atoms with Gasteiger partial charge < -0.3 is 9.88 Å². The molecular formula is C16H28N4O3S. The van der Waals surface area contributed by atoms with Crippen LogP contribution in [0, 0.1) is 0 Å². The number of fused-ring (bicyclic) bond motifs is 1. The lowest BCUT2D eigenvalue weighted by atomic mass is 10.2. The molecule has 24 heavy (non-hydrogen) atoms. The Hall–Kier alpha value is -1.41. The maximum atomic E-state index is 11.9. The quantitative estimate of drug-likeness (QED) is 0.780. The highest BCUT2D eigenvalue weighted by Gasteiger charge is 2.27. The number of carbonyl (C=O) groups is 1. The van der Waals surface area contributed by atoms with E-state index in [1.54, 1.807) is 6.92 Å². The van der Waals surface area contributed by atoms with Gasteiger partial charge in [-0.2, -0.15) is 0 Å². The van der Waals surface area contributed by atoms with Crippen molar-refractivity contribution in [1.82, 2.24) is 19.8 Å². The van der Waals surface area contributed by atoms with E-state index in [0.29, 0.717) is 6.54 Å². The fraction of sp³-hybridized carbons (Fsp3) is 0.750. The minimum atomic E-state index is -2.96. The van der Waals surface area contributed by atoms with Crippen molar-refractivity contribution in [2.24, 2.45) is 0 Å². The van der Waals surface area contributed by atoms with E-state index in [2.05, 4.69) is 19.8 Å². The van der Waals surface area contributed by atoms with Crippen molar-refractivity contribution in [3.63, 3.8) is 0 Å². The first kappa shape index (κ1) is 18.9. The predicted octanol–water partition coefficient (Wildman–Crippen LogP) is 0.762. The minimum absolute atomic E-state index is 0.0287. The summed E-state index contributed by atoms with van der Waals surface area (Å²) in [6, 6.07) is 0.164. The van der Waals surface area contributed by atoms with Crippen LogP contribution in [0.5, 0.6) is 0 Å². The van der Waals surface area contributed by atoms with Crippen molar-refractivity contribution in [3.8, 4) is 0 Å². The van der Waals surface area contributed by atoms with Crippen molar-refractivity contribution in [2.45, 2.75) is 52.7 Å². The highest BCUT2D eigenvalue weighted by Crippen LogP contribution is 2.24. The van der Waals surface area contributed by atoms with Crippen molar-refractivity contribution < 1.29 is 13.2 Å². The molecule has 1 aromatic rings. The van der Waals surface area contributed by atoms with Crippen molar-refractivity contribution in [2.75, 3.05) is 24.6 Å². The molecular weight excluding hydrogens is 328 g/mol. The molecule has 0 saturated carbocycles. The monoisotopic (exact) mass is 356 g/mol. The SMILES string of the molecule is CCS(=O)(=O)CCN1CCn2cc(CC(=O)NC(C)C)nc2C1C. The summed E-state index contributed by atoms with van der Waals surface area (Å²) in [5.41, 5.74) is 0.762. The number of imidazole rings is 1. The van der Waals surface area contributed by atoms with Crippen LogP contribution >= 0.6 is 0 Å². The van der Waals surface area contributed by atoms with Gasteiger partial charge in [-0.25, -0.2) is 13.4 Å². The standard InChI is InChI=1S/C16H28N4O3S/c1-5-24(22,23)9-8-19-6-7-20-11-14(18-16(20)13(19)4)10-15(21)17-12(2)3/h11-13H,5-10H2,1-4H3,(H,17,21). The first-order valence-electron chi connectivity index (χ1n) is 8.51. The average molecular weight is 356 g/mol. The molecule has 0 aromatic carbocycles. The number of hydrogen-bond acceptors (Lipinski definition) is 5. The molecule has 2 rings (SSSR count). The largest absolute Gasteiger partial charge is 0.354 e. The Labute approximate surface area is 144 Å². The van der Waals surface area contributed by atoms with Crippen LogP contribution in [0.3, 0.4) is 0 Å². The molecule has 1 N–H and O–H groups in total. The second kappa shape index (κ2) is 7.65. The molecule has 1 atom stereocenters. The summed E-state index contributed by atoms with van der Waals surface area (Å²) < 4.78 is 25.5. The molecule has 136 valence electrons. The predicted molar refractivity (Wildman–Crippen MR) is 93.5 cm³/mol. The van der Waals surface area contributed by atoms with Crippen LogP contribution in [0.4, 0.5) is 0 Å². The van der Waals surface area contributed by atoms with Gasteiger partial charge in [0.05, 0.1) is 23.9 Å². The topological polar surface area (TPSA) is 84.3 Å². The average Bonchev–Trinajstić information content (AvgIpc) is 2.89. The Morgan fingerprint density at radius 3 is 2.75 bits per heavy atom. The zero-order valence-electron chi connectivity index (χ0n) is 14.9. The summed E-state index contributed by atoms with van der Waals surface area (Å²) in [6.45, 7) is 9.66. The summed E-state index contributed by atoms with van der Waals surface area (Å²) in [6.07, 6.45) is 2.21. The van der Waals surface area contributed by atoms with Crippen LogP contribution in [-0.4, -0.2) is 59.4 Å². The van der Waals surface area contributed by atoms with E-state index in [0.717, 1.165) is 24.6 Å². The summed E-state index contributed by atoms with van der Waals surface area (Å²) in [5.74, 6) is 1.23. The number of sulfone groups is 1. The summed E-state index contributed by atoms with van der Waals surface area (Å²) >= 11 is 0. The smallest absolute Gasteiger partial charge is 0.226 e. The highest BCUT2D eigenvalue weighted by atomic mass is 32.2. The molecule has 0 saturated heterocycles. The summed E-state index contributed by atoms with van der Waals surface area (Å²) in [5, 5.41) is 2.87. The van der Waals surface area contributed by atoms with Crippen LogP contribution in [0.2, 0.25) is 0 Å². The molecule has 0 spiro atoms.